The van der Waals surface area contributed by atoms with Crippen molar-refractivity contribution in [3.63, 3.8) is 0 Å². The fourth-order valence-corrected chi connectivity index (χ4v) is 3.89. The smallest absolute Gasteiger partial charge is 0.248 e. The number of amides is 1. The second kappa shape index (κ2) is 5.30. The minimum Gasteiger partial charge on any atom is -0.366 e. The molecule has 1 aromatic carbocycles. The van der Waals surface area contributed by atoms with Gasteiger partial charge in [0.2, 0.25) is 15.9 Å². The molecule has 3 N–H and O–H groups in total. The molecule has 1 unspecified atom stereocenters. The summed E-state index contributed by atoms with van der Waals surface area (Å²) in [5.74, 6) is -0.345. The molecule has 0 aromatic heterocycles. The van der Waals surface area contributed by atoms with E-state index in [9.17, 15) is 13.2 Å². The van der Waals surface area contributed by atoms with Crippen LogP contribution in [0.25, 0.3) is 0 Å². The Kier molecular flexibility index (Phi) is 3.91. The van der Waals surface area contributed by atoms with Crippen LogP contribution in [-0.4, -0.2) is 20.1 Å². The molecule has 0 saturated carbocycles. The van der Waals surface area contributed by atoms with Crippen LogP contribution in [0, 0.1) is 0 Å². The molecule has 0 radical (unpaired) electrons. The number of benzene rings is 1. The predicted octanol–water partition coefficient (Wildman–Crippen LogP) is 1.10. The van der Waals surface area contributed by atoms with Gasteiger partial charge in [-0.05, 0) is 36.5 Å². The summed E-state index contributed by atoms with van der Waals surface area (Å²) in [4.78, 5) is 11.3. The van der Waals surface area contributed by atoms with Gasteiger partial charge in [-0.3, -0.25) is 4.79 Å². The summed E-state index contributed by atoms with van der Waals surface area (Å²) in [5.41, 5.74) is 7.57. The maximum Gasteiger partial charge on any atom is 0.248 e. The average Bonchev–Trinajstić information content (AvgIpc) is 2.71. The molecule has 1 aromatic rings. The number of rotatable bonds is 5. The second-order valence-corrected chi connectivity index (χ2v) is 6.64. The standard InChI is InChI=1S/C13H18N2O3S/c1-2-8-19(17,18)15-12-7-6-9-10(12)4-3-5-11(9)13(14)16/h3-5,12,15H,2,6-8H2,1H3,(H2,14,16). The van der Waals surface area contributed by atoms with Gasteiger partial charge in [-0.15, -0.1) is 0 Å². The van der Waals surface area contributed by atoms with E-state index in [4.69, 9.17) is 5.73 Å². The number of primary amides is 1. The number of sulfonamides is 1. The second-order valence-electron chi connectivity index (χ2n) is 4.77. The minimum atomic E-state index is -3.26. The Labute approximate surface area is 113 Å². The Balaban J connectivity index is 2.28. The van der Waals surface area contributed by atoms with Gasteiger partial charge in [0.25, 0.3) is 0 Å². The van der Waals surface area contributed by atoms with Gasteiger partial charge < -0.3 is 5.73 Å². The lowest BCUT2D eigenvalue weighted by Gasteiger charge is -2.14. The molecule has 6 heteroatoms. The molecule has 0 aliphatic heterocycles. The van der Waals surface area contributed by atoms with E-state index in [1.807, 2.05) is 13.0 Å². The summed E-state index contributed by atoms with van der Waals surface area (Å²) in [6.45, 7) is 1.83. The predicted molar refractivity (Wildman–Crippen MR) is 73.2 cm³/mol. The molecule has 1 atom stereocenters. The topological polar surface area (TPSA) is 89.3 Å². The first kappa shape index (κ1) is 14.0. The van der Waals surface area contributed by atoms with Crippen LogP contribution in [0.1, 0.15) is 47.3 Å². The monoisotopic (exact) mass is 282 g/mol. The summed E-state index contributed by atoms with van der Waals surface area (Å²) in [5, 5.41) is 0. The molecule has 0 spiro atoms. The number of carbonyl (C=O) groups excluding carboxylic acids is 1. The Morgan fingerprint density at radius 2 is 2.21 bits per heavy atom. The molecule has 104 valence electrons. The van der Waals surface area contributed by atoms with Crippen LogP contribution in [0.3, 0.4) is 0 Å². The Hall–Kier alpha value is -1.40. The molecule has 1 aliphatic carbocycles. The van der Waals surface area contributed by atoms with Crippen LogP contribution in [0.4, 0.5) is 0 Å². The van der Waals surface area contributed by atoms with E-state index in [1.165, 1.54) is 0 Å². The molecular weight excluding hydrogens is 264 g/mol. The maximum atomic E-state index is 11.8. The minimum absolute atomic E-state index is 0.119. The first-order valence-electron chi connectivity index (χ1n) is 6.36. The van der Waals surface area contributed by atoms with Crippen molar-refractivity contribution < 1.29 is 13.2 Å². The highest BCUT2D eigenvalue weighted by Gasteiger charge is 2.28. The molecular formula is C13H18N2O3S. The highest BCUT2D eigenvalue weighted by Crippen LogP contribution is 2.33. The number of fused-ring (bicyclic) bond motifs is 1. The van der Waals surface area contributed by atoms with Crippen molar-refractivity contribution in [3.05, 3.63) is 34.9 Å². The largest absolute Gasteiger partial charge is 0.366 e. The van der Waals surface area contributed by atoms with Crippen LogP contribution in [0.5, 0.6) is 0 Å². The Morgan fingerprint density at radius 1 is 1.47 bits per heavy atom. The zero-order valence-electron chi connectivity index (χ0n) is 10.8. The van der Waals surface area contributed by atoms with Gasteiger partial charge in [0.05, 0.1) is 5.75 Å². The van der Waals surface area contributed by atoms with Gasteiger partial charge in [0, 0.05) is 11.6 Å². The van der Waals surface area contributed by atoms with Crippen LogP contribution >= 0.6 is 0 Å². The number of nitrogens with two attached hydrogens (primary N) is 1. The molecule has 5 nitrogen and oxygen atoms in total. The third-order valence-corrected chi connectivity index (χ3v) is 4.92. The molecule has 0 saturated heterocycles. The van der Waals surface area contributed by atoms with Gasteiger partial charge in [-0.1, -0.05) is 19.1 Å². The summed E-state index contributed by atoms with van der Waals surface area (Å²) in [6, 6.07) is 5.04. The van der Waals surface area contributed by atoms with Gasteiger partial charge in [0.15, 0.2) is 0 Å². The summed E-state index contributed by atoms with van der Waals surface area (Å²) < 4.78 is 26.3. The lowest BCUT2D eigenvalue weighted by Crippen LogP contribution is -2.29. The van der Waals surface area contributed by atoms with Crippen molar-refractivity contribution in [1.82, 2.24) is 4.72 Å². The highest BCUT2D eigenvalue weighted by molar-refractivity contribution is 7.89. The van der Waals surface area contributed by atoms with Crippen molar-refractivity contribution in [1.29, 1.82) is 0 Å². The molecule has 1 amide bonds. The normalized spacial score (nSPS) is 18.3. The van der Waals surface area contributed by atoms with E-state index in [-0.39, 0.29) is 11.8 Å². The van der Waals surface area contributed by atoms with Gasteiger partial charge >= 0.3 is 0 Å². The van der Waals surface area contributed by atoms with E-state index in [0.717, 1.165) is 11.1 Å². The van der Waals surface area contributed by atoms with E-state index in [1.54, 1.807) is 12.1 Å². The third kappa shape index (κ3) is 2.96. The molecule has 19 heavy (non-hydrogen) atoms. The van der Waals surface area contributed by atoms with Crippen molar-refractivity contribution in [3.8, 4) is 0 Å². The van der Waals surface area contributed by atoms with E-state index >= 15 is 0 Å². The average molecular weight is 282 g/mol. The summed E-state index contributed by atoms with van der Waals surface area (Å²) >= 11 is 0. The van der Waals surface area contributed by atoms with Crippen LogP contribution in [-0.2, 0) is 16.4 Å². The lowest BCUT2D eigenvalue weighted by atomic mass is 10.0. The van der Waals surface area contributed by atoms with E-state index < -0.39 is 15.9 Å². The molecule has 0 bridgehead atoms. The van der Waals surface area contributed by atoms with Crippen molar-refractivity contribution in [2.45, 2.75) is 32.2 Å². The highest BCUT2D eigenvalue weighted by atomic mass is 32.2. The van der Waals surface area contributed by atoms with Gasteiger partial charge in [-0.25, -0.2) is 13.1 Å². The Bertz CT molecular complexity index is 596. The van der Waals surface area contributed by atoms with Crippen LogP contribution in [0.15, 0.2) is 18.2 Å². The van der Waals surface area contributed by atoms with Crippen molar-refractivity contribution in [2.75, 3.05) is 5.75 Å². The first-order valence-corrected chi connectivity index (χ1v) is 8.01. The number of hydrogen-bond acceptors (Lipinski definition) is 3. The van der Waals surface area contributed by atoms with Gasteiger partial charge in [0.1, 0.15) is 0 Å². The zero-order valence-corrected chi connectivity index (χ0v) is 11.7. The zero-order chi connectivity index (χ0) is 14.0. The molecule has 1 aliphatic rings. The molecule has 0 heterocycles. The van der Waals surface area contributed by atoms with Crippen molar-refractivity contribution in [2.24, 2.45) is 5.73 Å². The summed E-state index contributed by atoms with van der Waals surface area (Å²) in [6.07, 6.45) is 1.92. The summed E-state index contributed by atoms with van der Waals surface area (Å²) in [7, 11) is -3.26. The fraction of sp³-hybridized carbons (Fsp3) is 0.462. The van der Waals surface area contributed by atoms with E-state index in [2.05, 4.69) is 4.72 Å². The van der Waals surface area contributed by atoms with Crippen molar-refractivity contribution >= 4 is 15.9 Å². The quantitative estimate of drug-likeness (QED) is 0.847. The van der Waals surface area contributed by atoms with Gasteiger partial charge in [-0.2, -0.15) is 0 Å². The number of nitrogens with one attached hydrogen (secondary N) is 1. The van der Waals surface area contributed by atoms with E-state index in [0.29, 0.717) is 24.8 Å². The Morgan fingerprint density at radius 3 is 2.84 bits per heavy atom. The molecule has 0 fully saturated rings. The number of hydrogen-bond donors (Lipinski definition) is 2. The van der Waals surface area contributed by atoms with Crippen LogP contribution in [0.2, 0.25) is 0 Å². The maximum absolute atomic E-state index is 11.8. The molecule has 2 rings (SSSR count). The SMILES string of the molecule is CCCS(=O)(=O)NC1CCc2c(C(N)=O)cccc21. The lowest BCUT2D eigenvalue weighted by molar-refractivity contribution is 0.0999. The third-order valence-electron chi connectivity index (χ3n) is 3.33. The fourth-order valence-electron chi connectivity index (χ4n) is 2.55. The number of carbonyl (C=O) groups is 1. The van der Waals surface area contributed by atoms with Crippen LogP contribution < -0.4 is 10.5 Å². The first-order chi connectivity index (χ1) is 8.94.